The van der Waals surface area contributed by atoms with Gasteiger partial charge in [-0.1, -0.05) is 49.2 Å². The lowest BCUT2D eigenvalue weighted by molar-refractivity contribution is -0.136. The van der Waals surface area contributed by atoms with E-state index in [9.17, 15) is 4.79 Å². The zero-order chi connectivity index (χ0) is 22.2. The standard InChI is InChI=1S/C26H28ClNO3/c1-3-4-8-25(31-22-15-11-19(18(2)17-22)12-16-26(29)30)24-7-5-6-23(28-24)20-9-13-21(27)14-10-20/h5-7,9-11,13-15,17,25H,3-4,8,12,16H2,1-2H3,(H,29,30)/t25-/m0/s1. The number of aryl methyl sites for hydroxylation is 2. The molecular weight excluding hydrogens is 410 g/mol. The van der Waals surface area contributed by atoms with Crippen LogP contribution in [0.25, 0.3) is 11.3 Å². The van der Waals surface area contributed by atoms with E-state index in [4.69, 9.17) is 26.4 Å². The van der Waals surface area contributed by atoms with Crippen molar-refractivity contribution in [2.75, 3.05) is 0 Å². The number of pyridine rings is 1. The zero-order valence-electron chi connectivity index (χ0n) is 18.0. The van der Waals surface area contributed by atoms with Crippen LogP contribution in [0.15, 0.2) is 60.7 Å². The van der Waals surface area contributed by atoms with Crippen LogP contribution in [0.1, 0.15) is 55.5 Å². The average molecular weight is 438 g/mol. The van der Waals surface area contributed by atoms with Crippen LogP contribution < -0.4 is 4.74 Å². The molecule has 0 fully saturated rings. The van der Waals surface area contributed by atoms with Gasteiger partial charge >= 0.3 is 5.97 Å². The summed E-state index contributed by atoms with van der Waals surface area (Å²) in [5, 5.41) is 9.63. The molecule has 162 valence electrons. The number of benzene rings is 2. The van der Waals surface area contributed by atoms with Crippen LogP contribution in [0.3, 0.4) is 0 Å². The van der Waals surface area contributed by atoms with Crippen molar-refractivity contribution in [2.24, 2.45) is 0 Å². The molecule has 2 aromatic carbocycles. The van der Waals surface area contributed by atoms with Crippen molar-refractivity contribution in [3.05, 3.63) is 82.5 Å². The zero-order valence-corrected chi connectivity index (χ0v) is 18.7. The van der Waals surface area contributed by atoms with Gasteiger partial charge in [-0.2, -0.15) is 0 Å². The molecule has 0 aliphatic heterocycles. The van der Waals surface area contributed by atoms with Crippen LogP contribution in [-0.4, -0.2) is 16.1 Å². The number of carboxylic acid groups (broad SMARTS) is 1. The fraction of sp³-hybridized carbons (Fsp3) is 0.308. The number of aliphatic carboxylic acids is 1. The summed E-state index contributed by atoms with van der Waals surface area (Å²) in [4.78, 5) is 15.7. The summed E-state index contributed by atoms with van der Waals surface area (Å²) in [7, 11) is 0. The van der Waals surface area contributed by atoms with Gasteiger partial charge in [-0.25, -0.2) is 4.98 Å². The van der Waals surface area contributed by atoms with Crippen molar-refractivity contribution in [3.63, 3.8) is 0 Å². The first-order valence-electron chi connectivity index (χ1n) is 10.7. The van der Waals surface area contributed by atoms with Gasteiger partial charge in [0, 0.05) is 17.0 Å². The third-order valence-corrected chi connectivity index (χ3v) is 5.51. The smallest absolute Gasteiger partial charge is 0.303 e. The van der Waals surface area contributed by atoms with Crippen LogP contribution in [0.4, 0.5) is 0 Å². The molecule has 31 heavy (non-hydrogen) atoms. The number of rotatable bonds is 10. The van der Waals surface area contributed by atoms with E-state index in [1.165, 1.54) is 0 Å². The Bertz CT molecular complexity index is 1020. The van der Waals surface area contributed by atoms with Crippen LogP contribution >= 0.6 is 11.6 Å². The summed E-state index contributed by atoms with van der Waals surface area (Å²) in [5.74, 6) is -0.0117. The maximum absolute atomic E-state index is 10.9. The van der Waals surface area contributed by atoms with Crippen LogP contribution in [0.5, 0.6) is 5.75 Å². The maximum atomic E-state index is 10.9. The van der Waals surface area contributed by atoms with Gasteiger partial charge in [0.05, 0.1) is 11.4 Å². The second kappa shape index (κ2) is 11.0. The minimum Gasteiger partial charge on any atom is -0.484 e. The number of carbonyl (C=O) groups is 1. The molecule has 1 atom stereocenters. The topological polar surface area (TPSA) is 59.4 Å². The predicted octanol–water partition coefficient (Wildman–Crippen LogP) is 7.04. The number of halogens is 1. The highest BCUT2D eigenvalue weighted by atomic mass is 35.5. The van der Waals surface area contributed by atoms with E-state index >= 15 is 0 Å². The van der Waals surface area contributed by atoms with Crippen molar-refractivity contribution in [1.29, 1.82) is 0 Å². The molecule has 0 bridgehead atoms. The predicted molar refractivity (Wildman–Crippen MR) is 125 cm³/mol. The largest absolute Gasteiger partial charge is 0.484 e. The second-order valence-corrected chi connectivity index (χ2v) is 8.12. The molecule has 1 aromatic heterocycles. The molecule has 5 heteroatoms. The molecule has 1 N–H and O–H groups in total. The number of ether oxygens (including phenoxy) is 1. The number of carboxylic acids is 1. The summed E-state index contributed by atoms with van der Waals surface area (Å²) < 4.78 is 6.37. The van der Waals surface area contributed by atoms with E-state index in [0.29, 0.717) is 11.4 Å². The fourth-order valence-corrected chi connectivity index (χ4v) is 3.62. The van der Waals surface area contributed by atoms with Crippen molar-refractivity contribution in [3.8, 4) is 17.0 Å². The lowest BCUT2D eigenvalue weighted by atomic mass is 10.0. The summed E-state index contributed by atoms with van der Waals surface area (Å²) in [6.07, 6.45) is 3.47. The van der Waals surface area contributed by atoms with Gasteiger partial charge in [0.15, 0.2) is 0 Å². The van der Waals surface area contributed by atoms with Gasteiger partial charge in [0.25, 0.3) is 0 Å². The first kappa shape index (κ1) is 22.8. The Morgan fingerprint density at radius 3 is 2.58 bits per heavy atom. The minimum absolute atomic E-state index is 0.127. The first-order valence-corrected chi connectivity index (χ1v) is 11.0. The van der Waals surface area contributed by atoms with E-state index in [2.05, 4.69) is 6.92 Å². The Kier molecular flexibility index (Phi) is 8.07. The lowest BCUT2D eigenvalue weighted by Gasteiger charge is -2.20. The van der Waals surface area contributed by atoms with Crippen molar-refractivity contribution in [2.45, 2.75) is 52.1 Å². The second-order valence-electron chi connectivity index (χ2n) is 7.69. The Hall–Kier alpha value is -2.85. The van der Waals surface area contributed by atoms with Crippen LogP contribution in [-0.2, 0) is 11.2 Å². The van der Waals surface area contributed by atoms with Crippen molar-refractivity contribution >= 4 is 17.6 Å². The summed E-state index contributed by atoms with van der Waals surface area (Å²) in [6.45, 7) is 4.15. The van der Waals surface area contributed by atoms with Gasteiger partial charge in [0.1, 0.15) is 11.9 Å². The molecule has 0 saturated carbocycles. The molecule has 0 aliphatic carbocycles. The van der Waals surface area contributed by atoms with Crippen LogP contribution in [0, 0.1) is 6.92 Å². The molecule has 0 radical (unpaired) electrons. The number of unbranched alkanes of at least 4 members (excludes halogenated alkanes) is 1. The SMILES string of the molecule is CCCC[C@H](Oc1ccc(CCC(=O)O)c(C)c1)c1cccc(-c2ccc(Cl)cc2)n1. The summed E-state index contributed by atoms with van der Waals surface area (Å²) in [5.41, 5.74) is 4.87. The molecule has 0 spiro atoms. The Labute approximate surface area is 188 Å². The van der Waals surface area contributed by atoms with E-state index in [-0.39, 0.29) is 12.5 Å². The Morgan fingerprint density at radius 2 is 1.90 bits per heavy atom. The van der Waals surface area contributed by atoms with E-state index in [1.807, 2.05) is 67.6 Å². The van der Waals surface area contributed by atoms with Crippen LogP contribution in [0.2, 0.25) is 5.02 Å². The highest BCUT2D eigenvalue weighted by Crippen LogP contribution is 2.29. The lowest BCUT2D eigenvalue weighted by Crippen LogP contribution is -2.10. The third kappa shape index (κ3) is 6.56. The van der Waals surface area contributed by atoms with E-state index < -0.39 is 5.97 Å². The fourth-order valence-electron chi connectivity index (χ4n) is 3.50. The number of hydrogen-bond donors (Lipinski definition) is 1. The number of aromatic nitrogens is 1. The van der Waals surface area contributed by atoms with E-state index in [0.717, 1.165) is 53.1 Å². The number of nitrogens with zero attached hydrogens (tertiary/aromatic N) is 1. The van der Waals surface area contributed by atoms with E-state index in [1.54, 1.807) is 0 Å². The third-order valence-electron chi connectivity index (χ3n) is 5.26. The van der Waals surface area contributed by atoms with Gasteiger partial charge < -0.3 is 9.84 Å². The van der Waals surface area contributed by atoms with Gasteiger partial charge in [-0.15, -0.1) is 0 Å². The molecular formula is C26H28ClNO3. The molecule has 1 heterocycles. The van der Waals surface area contributed by atoms with Crippen molar-refractivity contribution in [1.82, 2.24) is 4.98 Å². The molecule has 3 aromatic rings. The van der Waals surface area contributed by atoms with Gasteiger partial charge in [-0.3, -0.25) is 4.79 Å². The summed E-state index contributed by atoms with van der Waals surface area (Å²) >= 11 is 6.02. The molecule has 0 saturated heterocycles. The minimum atomic E-state index is -0.786. The Balaban J connectivity index is 1.82. The van der Waals surface area contributed by atoms with Crippen molar-refractivity contribution < 1.29 is 14.6 Å². The molecule has 0 unspecified atom stereocenters. The maximum Gasteiger partial charge on any atom is 0.303 e. The molecule has 4 nitrogen and oxygen atoms in total. The monoisotopic (exact) mass is 437 g/mol. The Morgan fingerprint density at radius 1 is 1.13 bits per heavy atom. The van der Waals surface area contributed by atoms with Gasteiger partial charge in [0.2, 0.25) is 0 Å². The highest BCUT2D eigenvalue weighted by Gasteiger charge is 2.16. The molecule has 0 aliphatic rings. The normalized spacial score (nSPS) is 11.8. The quantitative estimate of drug-likeness (QED) is 0.369. The van der Waals surface area contributed by atoms with Gasteiger partial charge in [-0.05, 0) is 73.7 Å². The molecule has 0 amide bonds. The first-order chi connectivity index (χ1) is 15.0. The number of hydrogen-bond acceptors (Lipinski definition) is 3. The molecule has 3 rings (SSSR count). The highest BCUT2D eigenvalue weighted by molar-refractivity contribution is 6.30. The average Bonchev–Trinajstić information content (AvgIpc) is 2.76. The summed E-state index contributed by atoms with van der Waals surface area (Å²) in [6, 6.07) is 19.5.